The van der Waals surface area contributed by atoms with Crippen molar-refractivity contribution in [2.24, 2.45) is 5.92 Å². The number of carbonyl (C=O) groups excluding carboxylic acids is 1. The molecule has 0 atom stereocenters. The number of rotatable bonds is 5. The Labute approximate surface area is 177 Å². The molecule has 1 saturated carbocycles. The first-order chi connectivity index (χ1) is 13.5. The van der Waals surface area contributed by atoms with E-state index in [0.717, 1.165) is 57.2 Å². The number of carbonyl (C=O) groups is 1. The molecule has 1 heterocycles. The summed E-state index contributed by atoms with van der Waals surface area (Å²) in [4.78, 5) is 16.2. The number of aromatic hydroxyl groups is 1. The van der Waals surface area contributed by atoms with Crippen molar-refractivity contribution in [3.63, 3.8) is 0 Å². The highest BCUT2D eigenvalue weighted by Gasteiger charge is 2.24. The van der Waals surface area contributed by atoms with Crippen LogP contribution in [0.25, 0.3) is 0 Å². The number of halogens is 2. The molecule has 3 N–H and O–H groups in total. The summed E-state index contributed by atoms with van der Waals surface area (Å²) in [5, 5.41) is 16.0. The summed E-state index contributed by atoms with van der Waals surface area (Å²) in [5.41, 5.74) is 0.894. The first-order valence-electron chi connectivity index (χ1n) is 10.1. The first kappa shape index (κ1) is 21.3. The van der Waals surface area contributed by atoms with E-state index in [-0.39, 0.29) is 16.8 Å². The maximum atomic E-state index is 11.4. The van der Waals surface area contributed by atoms with Gasteiger partial charge >= 0.3 is 6.03 Å². The summed E-state index contributed by atoms with van der Waals surface area (Å²) in [5.74, 6) is 0.778. The molecule has 3 rings (SSSR count). The lowest BCUT2D eigenvalue weighted by molar-refractivity contribution is 0.206. The van der Waals surface area contributed by atoms with Gasteiger partial charge in [-0.05, 0) is 56.7 Å². The summed E-state index contributed by atoms with van der Waals surface area (Å²) in [6.45, 7) is 4.94. The molecule has 0 aromatic heterocycles. The van der Waals surface area contributed by atoms with Crippen LogP contribution in [0.1, 0.15) is 32.1 Å². The minimum absolute atomic E-state index is 0.0225. The highest BCUT2D eigenvalue weighted by Crippen LogP contribution is 2.38. The second-order valence-corrected chi connectivity index (χ2v) is 8.55. The van der Waals surface area contributed by atoms with E-state index in [9.17, 15) is 9.90 Å². The second-order valence-electron chi connectivity index (χ2n) is 7.79. The van der Waals surface area contributed by atoms with Crippen LogP contribution in [0.4, 0.5) is 10.5 Å². The van der Waals surface area contributed by atoms with Crippen LogP contribution < -0.4 is 15.5 Å². The molecule has 1 aliphatic carbocycles. The van der Waals surface area contributed by atoms with Crippen LogP contribution >= 0.6 is 23.2 Å². The van der Waals surface area contributed by atoms with Gasteiger partial charge < -0.3 is 20.6 Å². The molecule has 6 nitrogen and oxygen atoms in total. The summed E-state index contributed by atoms with van der Waals surface area (Å²) in [6.07, 6.45) is 5.75. The lowest BCUT2D eigenvalue weighted by atomic mass is 9.84. The van der Waals surface area contributed by atoms with Gasteiger partial charge in [-0.1, -0.05) is 23.2 Å². The predicted molar refractivity (Wildman–Crippen MR) is 115 cm³/mol. The Balaban J connectivity index is 1.39. The SMILES string of the molecule is CNC(=O)NC1CCC(CCN2CCN(c3ccc(O)c(Cl)c3Cl)CC2)CC1. The summed E-state index contributed by atoms with van der Waals surface area (Å²) in [6, 6.07) is 3.69. The Bertz CT molecular complexity index is 672. The van der Waals surface area contributed by atoms with Gasteiger partial charge in [0.05, 0.1) is 10.7 Å². The highest BCUT2D eigenvalue weighted by molar-refractivity contribution is 6.44. The van der Waals surface area contributed by atoms with Gasteiger partial charge in [0.25, 0.3) is 0 Å². The molecule has 1 aliphatic heterocycles. The third-order valence-electron chi connectivity index (χ3n) is 6.02. The quantitative estimate of drug-likeness (QED) is 0.668. The fraction of sp³-hybridized carbons (Fsp3) is 0.650. The topological polar surface area (TPSA) is 67.8 Å². The average molecular weight is 429 g/mol. The molecule has 0 spiro atoms. The van der Waals surface area contributed by atoms with E-state index in [2.05, 4.69) is 20.4 Å². The third-order valence-corrected chi connectivity index (χ3v) is 6.88. The molecule has 0 bridgehead atoms. The molecular formula is C20H30Cl2N4O2. The van der Waals surface area contributed by atoms with Crippen molar-refractivity contribution in [2.75, 3.05) is 44.7 Å². The van der Waals surface area contributed by atoms with Crippen LogP contribution in [0.2, 0.25) is 10.0 Å². The van der Waals surface area contributed by atoms with E-state index in [0.29, 0.717) is 11.1 Å². The summed E-state index contributed by atoms with van der Waals surface area (Å²) < 4.78 is 0. The van der Waals surface area contributed by atoms with Crippen molar-refractivity contribution in [3.05, 3.63) is 22.2 Å². The largest absolute Gasteiger partial charge is 0.506 e. The van der Waals surface area contributed by atoms with E-state index in [1.807, 2.05) is 6.07 Å². The van der Waals surface area contributed by atoms with Crippen molar-refractivity contribution < 1.29 is 9.90 Å². The smallest absolute Gasteiger partial charge is 0.314 e. The zero-order chi connectivity index (χ0) is 20.1. The number of phenolic OH excluding ortho intramolecular Hbond substituents is 1. The zero-order valence-electron chi connectivity index (χ0n) is 16.4. The molecular weight excluding hydrogens is 399 g/mol. The number of nitrogens with one attached hydrogen (secondary N) is 2. The maximum Gasteiger partial charge on any atom is 0.314 e. The van der Waals surface area contributed by atoms with Gasteiger partial charge in [-0.15, -0.1) is 0 Å². The van der Waals surface area contributed by atoms with Crippen molar-refractivity contribution in [2.45, 2.75) is 38.1 Å². The monoisotopic (exact) mass is 428 g/mol. The lowest BCUT2D eigenvalue weighted by Crippen LogP contribution is -2.47. The second kappa shape index (κ2) is 9.90. The molecule has 2 amide bonds. The van der Waals surface area contributed by atoms with Gasteiger partial charge in [0, 0.05) is 39.3 Å². The van der Waals surface area contributed by atoms with Gasteiger partial charge in [-0.3, -0.25) is 4.90 Å². The first-order valence-corrected chi connectivity index (χ1v) is 10.9. The van der Waals surface area contributed by atoms with E-state index >= 15 is 0 Å². The number of hydrogen-bond donors (Lipinski definition) is 3. The number of urea groups is 1. The molecule has 1 saturated heterocycles. The van der Waals surface area contributed by atoms with Gasteiger partial charge in [0.15, 0.2) is 0 Å². The molecule has 2 aliphatic rings. The Kier molecular flexibility index (Phi) is 7.55. The number of phenols is 1. The maximum absolute atomic E-state index is 11.4. The Morgan fingerprint density at radius 2 is 1.79 bits per heavy atom. The minimum atomic E-state index is -0.0728. The number of nitrogens with zero attached hydrogens (tertiary/aromatic N) is 2. The summed E-state index contributed by atoms with van der Waals surface area (Å²) in [7, 11) is 1.66. The molecule has 0 unspecified atom stereocenters. The molecule has 0 radical (unpaired) electrons. The fourth-order valence-corrected chi connectivity index (χ4v) is 4.64. The van der Waals surface area contributed by atoms with Gasteiger partial charge in [-0.25, -0.2) is 4.79 Å². The predicted octanol–water partition coefficient (Wildman–Crippen LogP) is 3.70. The number of hydrogen-bond acceptors (Lipinski definition) is 4. The third kappa shape index (κ3) is 5.37. The van der Waals surface area contributed by atoms with Crippen molar-refractivity contribution >= 4 is 34.9 Å². The zero-order valence-corrected chi connectivity index (χ0v) is 17.9. The van der Waals surface area contributed by atoms with Crippen LogP contribution in [0, 0.1) is 5.92 Å². The number of amides is 2. The molecule has 2 fully saturated rings. The van der Waals surface area contributed by atoms with E-state index in [1.165, 1.54) is 19.3 Å². The van der Waals surface area contributed by atoms with E-state index < -0.39 is 0 Å². The van der Waals surface area contributed by atoms with Gasteiger partial charge in [0.1, 0.15) is 10.8 Å². The Morgan fingerprint density at radius 1 is 1.11 bits per heavy atom. The van der Waals surface area contributed by atoms with Crippen LogP contribution in [-0.2, 0) is 0 Å². The van der Waals surface area contributed by atoms with E-state index in [1.54, 1.807) is 13.1 Å². The summed E-state index contributed by atoms with van der Waals surface area (Å²) >= 11 is 12.4. The van der Waals surface area contributed by atoms with E-state index in [4.69, 9.17) is 23.2 Å². The van der Waals surface area contributed by atoms with Crippen LogP contribution in [0.3, 0.4) is 0 Å². The highest BCUT2D eigenvalue weighted by atomic mass is 35.5. The van der Waals surface area contributed by atoms with Crippen molar-refractivity contribution in [3.8, 4) is 5.75 Å². The lowest BCUT2D eigenvalue weighted by Gasteiger charge is -2.37. The fourth-order valence-electron chi connectivity index (χ4n) is 4.20. The minimum Gasteiger partial charge on any atom is -0.506 e. The molecule has 156 valence electrons. The number of anilines is 1. The van der Waals surface area contributed by atoms with Crippen LogP contribution in [0.15, 0.2) is 12.1 Å². The molecule has 1 aromatic carbocycles. The van der Waals surface area contributed by atoms with Crippen molar-refractivity contribution in [1.82, 2.24) is 15.5 Å². The van der Waals surface area contributed by atoms with Gasteiger partial charge in [0.2, 0.25) is 0 Å². The van der Waals surface area contributed by atoms with Crippen LogP contribution in [0.5, 0.6) is 5.75 Å². The number of piperazine rings is 1. The van der Waals surface area contributed by atoms with Crippen LogP contribution in [-0.4, -0.2) is 61.9 Å². The van der Waals surface area contributed by atoms with Crippen molar-refractivity contribution in [1.29, 1.82) is 0 Å². The molecule has 1 aromatic rings. The Hall–Kier alpha value is -1.37. The normalized spacial score (nSPS) is 23.5. The molecule has 28 heavy (non-hydrogen) atoms. The molecule has 8 heteroatoms. The number of benzene rings is 1. The standard InChI is InChI=1S/C20H30Cl2N4O2/c1-23-20(28)24-15-4-2-14(3-5-15)8-9-25-10-12-26(13-11-25)16-6-7-17(27)19(22)18(16)21/h6-7,14-15,27H,2-5,8-13H2,1H3,(H2,23,24,28). The average Bonchev–Trinajstić information content (AvgIpc) is 2.72. The van der Waals surface area contributed by atoms with Gasteiger partial charge in [-0.2, -0.15) is 0 Å². The Morgan fingerprint density at radius 3 is 2.43 bits per heavy atom.